The smallest absolute Gasteiger partial charge is 0.119 e. The summed E-state index contributed by atoms with van der Waals surface area (Å²) in [5.41, 5.74) is 7.15. The molecule has 0 fully saturated rings. The van der Waals surface area contributed by atoms with Gasteiger partial charge in [-0.25, -0.2) is 0 Å². The van der Waals surface area contributed by atoms with Crippen LogP contribution in [0.1, 0.15) is 51.1 Å². The Balaban J connectivity index is 2.47. The second-order valence-electron chi connectivity index (χ2n) is 4.14. The first-order chi connectivity index (χ1) is 7.77. The van der Waals surface area contributed by atoms with Crippen LogP contribution < -0.4 is 10.5 Å². The largest absolute Gasteiger partial charge is 0.494 e. The number of hydrogen-bond acceptors (Lipinski definition) is 2. The summed E-state index contributed by atoms with van der Waals surface area (Å²) in [5, 5.41) is 0. The van der Waals surface area contributed by atoms with E-state index in [1.54, 1.807) is 0 Å². The summed E-state index contributed by atoms with van der Waals surface area (Å²) in [6.07, 6.45) is 4.54. The average Bonchev–Trinajstić information content (AvgIpc) is 2.34. The van der Waals surface area contributed by atoms with Crippen molar-refractivity contribution in [3.8, 4) is 5.75 Å². The Morgan fingerprint density at radius 2 is 2.06 bits per heavy atom. The minimum Gasteiger partial charge on any atom is -0.494 e. The van der Waals surface area contributed by atoms with Crippen molar-refractivity contribution in [2.45, 2.75) is 45.6 Å². The topological polar surface area (TPSA) is 35.2 Å². The van der Waals surface area contributed by atoms with Crippen LogP contribution in [0.3, 0.4) is 0 Å². The lowest BCUT2D eigenvalue weighted by Crippen LogP contribution is -2.08. The molecule has 0 bridgehead atoms. The molecule has 0 saturated carbocycles. The maximum Gasteiger partial charge on any atom is 0.119 e. The van der Waals surface area contributed by atoms with E-state index < -0.39 is 0 Å². The molecule has 2 nitrogen and oxygen atoms in total. The summed E-state index contributed by atoms with van der Waals surface area (Å²) in [6.45, 7) is 5.10. The Bertz CT molecular complexity index is 299. The molecule has 0 aliphatic carbocycles. The molecule has 0 amide bonds. The van der Waals surface area contributed by atoms with Crippen molar-refractivity contribution < 1.29 is 4.74 Å². The van der Waals surface area contributed by atoms with Gasteiger partial charge in [-0.3, -0.25) is 0 Å². The summed E-state index contributed by atoms with van der Waals surface area (Å²) >= 11 is 0. The third-order valence-electron chi connectivity index (χ3n) is 2.74. The maximum absolute atomic E-state index is 5.98. The monoisotopic (exact) mass is 221 g/mol. The zero-order valence-electron chi connectivity index (χ0n) is 10.4. The molecule has 0 aliphatic rings. The minimum atomic E-state index is 0.124. The molecule has 0 radical (unpaired) electrons. The second-order valence-corrected chi connectivity index (χ2v) is 4.14. The fraction of sp³-hybridized carbons (Fsp3) is 0.571. The summed E-state index contributed by atoms with van der Waals surface area (Å²) in [6, 6.07) is 8.25. The van der Waals surface area contributed by atoms with E-state index in [-0.39, 0.29) is 6.04 Å². The van der Waals surface area contributed by atoms with E-state index in [1.807, 2.05) is 12.1 Å². The summed E-state index contributed by atoms with van der Waals surface area (Å²) < 4.78 is 5.69. The molecular weight excluding hydrogens is 198 g/mol. The van der Waals surface area contributed by atoms with Gasteiger partial charge in [0.15, 0.2) is 0 Å². The van der Waals surface area contributed by atoms with Crippen molar-refractivity contribution in [3.05, 3.63) is 29.8 Å². The zero-order valence-corrected chi connectivity index (χ0v) is 10.4. The van der Waals surface area contributed by atoms with Gasteiger partial charge in [-0.1, -0.05) is 38.8 Å². The van der Waals surface area contributed by atoms with Crippen molar-refractivity contribution >= 4 is 0 Å². The molecular formula is C14H23NO. The van der Waals surface area contributed by atoms with Gasteiger partial charge in [-0.15, -0.1) is 0 Å². The first-order valence-corrected chi connectivity index (χ1v) is 6.26. The van der Waals surface area contributed by atoms with Crippen molar-refractivity contribution in [1.82, 2.24) is 0 Å². The molecule has 0 spiro atoms. The molecule has 16 heavy (non-hydrogen) atoms. The second kappa shape index (κ2) is 7.29. The average molecular weight is 221 g/mol. The fourth-order valence-electron chi connectivity index (χ4n) is 1.61. The van der Waals surface area contributed by atoms with Crippen LogP contribution in [0.5, 0.6) is 5.75 Å². The Labute approximate surface area is 98.8 Å². The van der Waals surface area contributed by atoms with E-state index >= 15 is 0 Å². The van der Waals surface area contributed by atoms with Gasteiger partial charge in [0.2, 0.25) is 0 Å². The van der Waals surface area contributed by atoms with E-state index in [4.69, 9.17) is 10.5 Å². The van der Waals surface area contributed by atoms with Crippen LogP contribution >= 0.6 is 0 Å². The van der Waals surface area contributed by atoms with Gasteiger partial charge >= 0.3 is 0 Å². The first-order valence-electron chi connectivity index (χ1n) is 6.26. The van der Waals surface area contributed by atoms with Crippen molar-refractivity contribution in [2.24, 2.45) is 5.73 Å². The van der Waals surface area contributed by atoms with Gasteiger partial charge in [0.25, 0.3) is 0 Å². The van der Waals surface area contributed by atoms with E-state index in [0.717, 1.165) is 30.8 Å². The summed E-state index contributed by atoms with van der Waals surface area (Å²) in [4.78, 5) is 0. The lowest BCUT2D eigenvalue weighted by molar-refractivity contribution is 0.306. The van der Waals surface area contributed by atoms with Crippen LogP contribution in [0.4, 0.5) is 0 Å². The Kier molecular flexibility index (Phi) is 5.94. The Morgan fingerprint density at radius 3 is 2.75 bits per heavy atom. The first kappa shape index (κ1) is 13.0. The highest BCUT2D eigenvalue weighted by Crippen LogP contribution is 2.19. The SMILES string of the molecule is CCCCCOc1cccc(C(N)CC)c1. The minimum absolute atomic E-state index is 0.124. The molecule has 90 valence electrons. The third-order valence-corrected chi connectivity index (χ3v) is 2.74. The van der Waals surface area contributed by atoms with Gasteiger partial charge < -0.3 is 10.5 Å². The van der Waals surface area contributed by atoms with Crippen molar-refractivity contribution in [1.29, 1.82) is 0 Å². The lowest BCUT2D eigenvalue weighted by atomic mass is 10.1. The molecule has 1 unspecified atom stereocenters. The molecule has 0 saturated heterocycles. The molecule has 1 aromatic rings. The maximum atomic E-state index is 5.98. The standard InChI is InChI=1S/C14H23NO/c1-3-5-6-10-16-13-9-7-8-12(11-13)14(15)4-2/h7-9,11,14H,3-6,10,15H2,1-2H3. The molecule has 1 atom stereocenters. The van der Waals surface area contributed by atoms with Crippen LogP contribution in [0.15, 0.2) is 24.3 Å². The van der Waals surface area contributed by atoms with E-state index in [1.165, 1.54) is 12.8 Å². The molecule has 1 rings (SSSR count). The normalized spacial score (nSPS) is 12.4. The Hall–Kier alpha value is -1.02. The number of nitrogens with two attached hydrogens (primary N) is 1. The highest BCUT2D eigenvalue weighted by Gasteiger charge is 2.03. The number of rotatable bonds is 7. The highest BCUT2D eigenvalue weighted by molar-refractivity contribution is 5.30. The predicted molar refractivity (Wildman–Crippen MR) is 68.7 cm³/mol. The molecule has 2 N–H and O–H groups in total. The van der Waals surface area contributed by atoms with E-state index in [9.17, 15) is 0 Å². The van der Waals surface area contributed by atoms with Gasteiger partial charge in [0.05, 0.1) is 6.61 Å². The summed E-state index contributed by atoms with van der Waals surface area (Å²) in [5.74, 6) is 0.942. The van der Waals surface area contributed by atoms with Gasteiger partial charge in [-0.2, -0.15) is 0 Å². The van der Waals surface area contributed by atoms with Crippen LogP contribution in [0.2, 0.25) is 0 Å². The van der Waals surface area contributed by atoms with Crippen LogP contribution in [-0.4, -0.2) is 6.61 Å². The Morgan fingerprint density at radius 1 is 1.25 bits per heavy atom. The quantitative estimate of drug-likeness (QED) is 0.713. The van der Waals surface area contributed by atoms with E-state index in [2.05, 4.69) is 26.0 Å². The van der Waals surface area contributed by atoms with Crippen LogP contribution in [0, 0.1) is 0 Å². The zero-order chi connectivity index (χ0) is 11.8. The van der Waals surface area contributed by atoms with E-state index in [0.29, 0.717) is 0 Å². The van der Waals surface area contributed by atoms with Gasteiger partial charge in [0, 0.05) is 6.04 Å². The van der Waals surface area contributed by atoms with Crippen molar-refractivity contribution in [2.75, 3.05) is 6.61 Å². The number of ether oxygens (including phenoxy) is 1. The van der Waals surface area contributed by atoms with Gasteiger partial charge in [-0.05, 0) is 30.5 Å². The lowest BCUT2D eigenvalue weighted by Gasteiger charge is -2.11. The predicted octanol–water partition coefficient (Wildman–Crippen LogP) is 3.67. The molecule has 0 aliphatic heterocycles. The molecule has 2 heteroatoms. The third kappa shape index (κ3) is 4.23. The number of unbranched alkanes of at least 4 members (excludes halogenated alkanes) is 2. The number of hydrogen-bond donors (Lipinski definition) is 1. The molecule has 0 heterocycles. The van der Waals surface area contributed by atoms with Crippen LogP contribution in [-0.2, 0) is 0 Å². The van der Waals surface area contributed by atoms with Gasteiger partial charge in [0.1, 0.15) is 5.75 Å². The van der Waals surface area contributed by atoms with Crippen molar-refractivity contribution in [3.63, 3.8) is 0 Å². The molecule has 0 aromatic heterocycles. The summed E-state index contributed by atoms with van der Waals surface area (Å²) in [7, 11) is 0. The highest BCUT2D eigenvalue weighted by atomic mass is 16.5. The van der Waals surface area contributed by atoms with Crippen LogP contribution in [0.25, 0.3) is 0 Å². The number of benzene rings is 1. The molecule has 1 aromatic carbocycles. The fourth-order valence-corrected chi connectivity index (χ4v) is 1.61.